The molecule has 3 heterocycles. The van der Waals surface area contributed by atoms with Crippen molar-refractivity contribution in [3.8, 4) is 5.75 Å². The molecule has 1 aliphatic heterocycles. The molecule has 0 spiro atoms. The molecule has 0 amide bonds. The number of rotatable bonds is 4. The van der Waals surface area contributed by atoms with Gasteiger partial charge in [0, 0.05) is 18.5 Å². The maximum absolute atomic E-state index is 12.7. The van der Waals surface area contributed by atoms with Gasteiger partial charge in [-0.3, -0.25) is 14.3 Å². The van der Waals surface area contributed by atoms with Crippen LogP contribution in [0.25, 0.3) is 10.2 Å². The number of nitrogens with one attached hydrogen (secondary N) is 2. The van der Waals surface area contributed by atoms with E-state index < -0.39 is 0 Å². The van der Waals surface area contributed by atoms with Crippen LogP contribution in [-0.2, 0) is 13.0 Å². The topological polar surface area (TPSA) is 76.1 Å². The molecule has 3 unspecified atom stereocenters. The van der Waals surface area contributed by atoms with Crippen LogP contribution in [0.4, 0.5) is 0 Å². The summed E-state index contributed by atoms with van der Waals surface area (Å²) in [6, 6.07) is 8.34. The third-order valence-electron chi connectivity index (χ3n) is 6.37. The number of hydrogen-bond donors (Lipinski definition) is 2. The molecular formula is C21H23N3O3S. The van der Waals surface area contributed by atoms with Crippen LogP contribution in [0.1, 0.15) is 29.9 Å². The van der Waals surface area contributed by atoms with Crippen molar-refractivity contribution in [2.75, 3.05) is 13.7 Å². The number of aromatic nitrogens is 2. The fourth-order valence-corrected chi connectivity index (χ4v) is 5.82. The quantitative estimate of drug-likeness (QED) is 0.709. The Hall–Kier alpha value is -2.38. The second-order valence-corrected chi connectivity index (χ2v) is 8.62. The normalized spacial score (nSPS) is 23.5. The van der Waals surface area contributed by atoms with E-state index in [0.717, 1.165) is 31.6 Å². The van der Waals surface area contributed by atoms with Crippen molar-refractivity contribution < 1.29 is 4.74 Å². The Morgan fingerprint density at radius 2 is 2.18 bits per heavy atom. The summed E-state index contributed by atoms with van der Waals surface area (Å²) < 4.78 is 6.93. The highest BCUT2D eigenvalue weighted by atomic mass is 32.1. The molecule has 146 valence electrons. The fraction of sp³-hybridized carbons (Fsp3) is 0.429. The van der Waals surface area contributed by atoms with Crippen LogP contribution in [0.15, 0.2) is 39.2 Å². The van der Waals surface area contributed by atoms with Gasteiger partial charge in [0.15, 0.2) is 0 Å². The smallest absolute Gasteiger partial charge is 0.329 e. The molecule has 6 nitrogen and oxygen atoms in total. The lowest BCUT2D eigenvalue weighted by molar-refractivity contribution is 0.371. The van der Waals surface area contributed by atoms with Gasteiger partial charge in [-0.2, -0.15) is 0 Å². The Bertz CT molecular complexity index is 1150. The van der Waals surface area contributed by atoms with Gasteiger partial charge in [0.1, 0.15) is 10.6 Å². The lowest BCUT2D eigenvalue weighted by atomic mass is 9.73. The SMILES string of the molecule is COc1cccc2c1CCC1CNC(CCn3c(=O)[nH]c4sccc4c3=O)C21. The van der Waals surface area contributed by atoms with Gasteiger partial charge in [0.25, 0.3) is 5.56 Å². The first kappa shape index (κ1) is 17.7. The number of nitrogens with zero attached hydrogens (tertiary/aromatic N) is 1. The zero-order valence-corrected chi connectivity index (χ0v) is 16.6. The van der Waals surface area contributed by atoms with Gasteiger partial charge >= 0.3 is 5.69 Å². The summed E-state index contributed by atoms with van der Waals surface area (Å²) in [4.78, 5) is 28.6. The van der Waals surface area contributed by atoms with Gasteiger partial charge in [-0.25, -0.2) is 4.79 Å². The van der Waals surface area contributed by atoms with Crippen LogP contribution in [0.2, 0.25) is 0 Å². The second-order valence-electron chi connectivity index (χ2n) is 7.71. The van der Waals surface area contributed by atoms with Crippen molar-refractivity contribution in [3.63, 3.8) is 0 Å². The molecule has 0 bridgehead atoms. The lowest BCUT2D eigenvalue weighted by Crippen LogP contribution is -2.37. The number of hydrogen-bond acceptors (Lipinski definition) is 5. The summed E-state index contributed by atoms with van der Waals surface area (Å²) in [5.74, 6) is 1.97. The van der Waals surface area contributed by atoms with E-state index in [0.29, 0.717) is 28.6 Å². The summed E-state index contributed by atoms with van der Waals surface area (Å²) in [5, 5.41) is 6.08. The molecule has 2 N–H and O–H groups in total. The molecule has 1 saturated heterocycles. The predicted octanol–water partition coefficient (Wildman–Crippen LogP) is 2.47. The first-order chi connectivity index (χ1) is 13.7. The van der Waals surface area contributed by atoms with Crippen LogP contribution in [0.5, 0.6) is 5.75 Å². The monoisotopic (exact) mass is 397 g/mol. The molecule has 3 aromatic rings. The predicted molar refractivity (Wildman–Crippen MR) is 111 cm³/mol. The summed E-state index contributed by atoms with van der Waals surface area (Å²) in [5.41, 5.74) is 2.16. The molecule has 0 radical (unpaired) electrons. The van der Waals surface area contributed by atoms with Crippen molar-refractivity contribution in [3.05, 3.63) is 61.6 Å². The highest BCUT2D eigenvalue weighted by molar-refractivity contribution is 7.16. The number of fused-ring (bicyclic) bond motifs is 4. The first-order valence-electron chi connectivity index (χ1n) is 9.77. The number of thiophene rings is 1. The van der Waals surface area contributed by atoms with E-state index in [2.05, 4.69) is 22.4 Å². The number of aromatic amines is 1. The number of benzene rings is 1. The van der Waals surface area contributed by atoms with Crippen molar-refractivity contribution in [2.24, 2.45) is 5.92 Å². The van der Waals surface area contributed by atoms with Crippen molar-refractivity contribution in [1.82, 2.24) is 14.9 Å². The average molecular weight is 398 g/mol. The van der Waals surface area contributed by atoms with Gasteiger partial charge in [-0.15, -0.1) is 11.3 Å². The molecule has 7 heteroatoms. The van der Waals surface area contributed by atoms with Crippen LogP contribution in [-0.4, -0.2) is 29.2 Å². The van der Waals surface area contributed by atoms with Crippen molar-refractivity contribution in [2.45, 2.75) is 37.8 Å². The van der Waals surface area contributed by atoms with E-state index in [4.69, 9.17) is 4.74 Å². The minimum atomic E-state index is -0.319. The zero-order chi connectivity index (χ0) is 19.3. The molecule has 5 rings (SSSR count). The Labute approximate surface area is 166 Å². The average Bonchev–Trinajstić information content (AvgIpc) is 3.34. The molecule has 1 aromatic carbocycles. The van der Waals surface area contributed by atoms with Crippen LogP contribution in [0.3, 0.4) is 0 Å². The highest BCUT2D eigenvalue weighted by Gasteiger charge is 2.40. The molecule has 1 aliphatic carbocycles. The Morgan fingerprint density at radius 3 is 3.04 bits per heavy atom. The van der Waals surface area contributed by atoms with E-state index in [-0.39, 0.29) is 17.3 Å². The minimum absolute atomic E-state index is 0.194. The van der Waals surface area contributed by atoms with Crippen LogP contribution < -0.4 is 21.3 Å². The van der Waals surface area contributed by atoms with Gasteiger partial charge in [0.2, 0.25) is 0 Å². The molecular weight excluding hydrogens is 374 g/mol. The Morgan fingerprint density at radius 1 is 1.29 bits per heavy atom. The third-order valence-corrected chi connectivity index (χ3v) is 7.20. The Balaban J connectivity index is 1.44. The summed E-state index contributed by atoms with van der Waals surface area (Å²) in [6.07, 6.45) is 2.93. The molecule has 0 saturated carbocycles. The van der Waals surface area contributed by atoms with E-state index in [1.807, 2.05) is 11.4 Å². The minimum Gasteiger partial charge on any atom is -0.496 e. The van der Waals surface area contributed by atoms with Crippen LogP contribution >= 0.6 is 11.3 Å². The van der Waals surface area contributed by atoms with Gasteiger partial charge in [-0.05, 0) is 60.4 Å². The molecule has 2 aromatic heterocycles. The second kappa shape index (κ2) is 6.90. The van der Waals surface area contributed by atoms with E-state index in [1.54, 1.807) is 13.2 Å². The van der Waals surface area contributed by atoms with Gasteiger partial charge in [0.05, 0.1) is 12.5 Å². The molecule has 1 fully saturated rings. The number of methoxy groups -OCH3 is 1. The first-order valence-corrected chi connectivity index (χ1v) is 10.6. The number of ether oxygens (including phenoxy) is 1. The number of H-pyrrole nitrogens is 1. The van der Waals surface area contributed by atoms with Gasteiger partial charge in [-0.1, -0.05) is 12.1 Å². The van der Waals surface area contributed by atoms with E-state index in [1.165, 1.54) is 27.0 Å². The summed E-state index contributed by atoms with van der Waals surface area (Å²) in [6.45, 7) is 1.40. The fourth-order valence-electron chi connectivity index (χ4n) is 5.05. The van der Waals surface area contributed by atoms with Gasteiger partial charge < -0.3 is 10.1 Å². The van der Waals surface area contributed by atoms with E-state index in [9.17, 15) is 9.59 Å². The van der Waals surface area contributed by atoms with Crippen molar-refractivity contribution >= 4 is 21.6 Å². The van der Waals surface area contributed by atoms with Crippen molar-refractivity contribution in [1.29, 1.82) is 0 Å². The Kier molecular flexibility index (Phi) is 4.36. The van der Waals surface area contributed by atoms with E-state index >= 15 is 0 Å². The maximum Gasteiger partial charge on any atom is 0.329 e. The zero-order valence-electron chi connectivity index (χ0n) is 15.7. The summed E-state index contributed by atoms with van der Waals surface area (Å²) in [7, 11) is 1.73. The maximum atomic E-state index is 12.7. The van der Waals surface area contributed by atoms with Crippen LogP contribution in [0, 0.1) is 5.92 Å². The summed E-state index contributed by atoms with van der Waals surface area (Å²) >= 11 is 1.39. The molecule has 3 atom stereocenters. The lowest BCUT2D eigenvalue weighted by Gasteiger charge is -2.32. The molecule has 2 aliphatic rings. The standard InChI is InChI=1S/C21H23N3O3S/c1-27-17-4-2-3-14-13(17)6-5-12-11-22-16(18(12)14)7-9-24-20(25)15-8-10-28-19(15)23-21(24)26/h2-4,8,10,12,16,18,22H,5-7,9,11H2,1H3,(H,23,26). The highest BCUT2D eigenvalue weighted by Crippen LogP contribution is 2.45. The largest absolute Gasteiger partial charge is 0.496 e. The molecule has 28 heavy (non-hydrogen) atoms. The third kappa shape index (κ3) is 2.72.